The third kappa shape index (κ3) is 1.81. The molecule has 0 aromatic carbocycles. The van der Waals surface area contributed by atoms with Crippen molar-refractivity contribution in [3.63, 3.8) is 0 Å². The number of aromatic nitrogens is 2. The van der Waals surface area contributed by atoms with Gasteiger partial charge in [0.15, 0.2) is 5.03 Å². The van der Waals surface area contributed by atoms with Gasteiger partial charge in [-0.2, -0.15) is 14.7 Å². The molecule has 1 saturated heterocycles. The lowest BCUT2D eigenvalue weighted by Crippen LogP contribution is -2.42. The van der Waals surface area contributed by atoms with Crippen LogP contribution in [0, 0.1) is 11.3 Å². The second kappa shape index (κ2) is 4.23. The standard InChI is InChI=1S/C9H12N4O2S/c10-7-8-3-1-2-6-13(8)16(14,15)9-4-5-11-12-9/h4-5,8H,1-3,6H2,(H,11,12). The van der Waals surface area contributed by atoms with Gasteiger partial charge in [0.2, 0.25) is 0 Å². The fraction of sp³-hybridized carbons (Fsp3) is 0.556. The summed E-state index contributed by atoms with van der Waals surface area (Å²) in [5.74, 6) is 0. The van der Waals surface area contributed by atoms with Gasteiger partial charge in [0, 0.05) is 6.54 Å². The quantitative estimate of drug-likeness (QED) is 0.814. The summed E-state index contributed by atoms with van der Waals surface area (Å²) in [4.78, 5) is 0. The second-order valence-electron chi connectivity index (χ2n) is 3.68. The molecule has 0 spiro atoms. The molecule has 2 heterocycles. The van der Waals surface area contributed by atoms with Crippen molar-refractivity contribution in [3.8, 4) is 6.07 Å². The van der Waals surface area contributed by atoms with Gasteiger partial charge in [0.05, 0.1) is 12.3 Å². The van der Waals surface area contributed by atoms with Crippen LogP contribution in [-0.4, -0.2) is 35.5 Å². The molecule has 7 heteroatoms. The Kier molecular flexibility index (Phi) is 2.94. The number of nitrogens with zero attached hydrogens (tertiary/aromatic N) is 3. The number of rotatable bonds is 2. The molecule has 1 unspecified atom stereocenters. The lowest BCUT2D eigenvalue weighted by molar-refractivity contribution is 0.296. The Morgan fingerprint density at radius 2 is 2.38 bits per heavy atom. The molecule has 1 aliphatic heterocycles. The summed E-state index contributed by atoms with van der Waals surface area (Å²) in [6, 6.07) is 2.88. The summed E-state index contributed by atoms with van der Waals surface area (Å²) < 4.78 is 25.5. The zero-order chi connectivity index (χ0) is 11.6. The van der Waals surface area contributed by atoms with Crippen molar-refractivity contribution in [1.29, 1.82) is 5.26 Å². The lowest BCUT2D eigenvalue weighted by Gasteiger charge is -2.29. The SMILES string of the molecule is N#CC1CCCCN1S(=O)(=O)c1ccn[nH]1. The molecule has 1 aliphatic rings. The Balaban J connectivity index is 2.33. The van der Waals surface area contributed by atoms with E-state index in [1.807, 2.05) is 6.07 Å². The first-order chi connectivity index (χ1) is 7.66. The van der Waals surface area contributed by atoms with Crippen molar-refractivity contribution in [1.82, 2.24) is 14.5 Å². The van der Waals surface area contributed by atoms with Gasteiger partial charge in [-0.05, 0) is 25.3 Å². The predicted octanol–water partition coefficient (Wildman–Crippen LogP) is 0.476. The highest BCUT2D eigenvalue weighted by atomic mass is 32.2. The van der Waals surface area contributed by atoms with E-state index in [9.17, 15) is 8.42 Å². The number of piperidine rings is 1. The third-order valence-electron chi connectivity index (χ3n) is 2.66. The first-order valence-electron chi connectivity index (χ1n) is 5.07. The summed E-state index contributed by atoms with van der Waals surface area (Å²) in [5.41, 5.74) is 0. The molecule has 86 valence electrons. The van der Waals surface area contributed by atoms with Crippen LogP contribution in [0.5, 0.6) is 0 Å². The smallest absolute Gasteiger partial charge is 0.261 e. The topological polar surface area (TPSA) is 89.8 Å². The number of hydrogen-bond donors (Lipinski definition) is 1. The summed E-state index contributed by atoms with van der Waals surface area (Å²) in [6.45, 7) is 0.402. The molecule has 1 N–H and O–H groups in total. The van der Waals surface area contributed by atoms with E-state index < -0.39 is 16.1 Å². The Morgan fingerprint density at radius 1 is 1.56 bits per heavy atom. The van der Waals surface area contributed by atoms with E-state index in [0.29, 0.717) is 13.0 Å². The zero-order valence-electron chi connectivity index (χ0n) is 8.63. The van der Waals surface area contributed by atoms with Crippen LogP contribution in [0.2, 0.25) is 0 Å². The van der Waals surface area contributed by atoms with Crippen LogP contribution in [0.1, 0.15) is 19.3 Å². The van der Waals surface area contributed by atoms with E-state index in [0.717, 1.165) is 12.8 Å². The second-order valence-corrected chi connectivity index (χ2v) is 5.54. The summed E-state index contributed by atoms with van der Waals surface area (Å²) >= 11 is 0. The Morgan fingerprint density at radius 3 is 3.00 bits per heavy atom. The van der Waals surface area contributed by atoms with Crippen LogP contribution in [-0.2, 0) is 10.0 Å². The van der Waals surface area contributed by atoms with E-state index >= 15 is 0 Å². The van der Waals surface area contributed by atoms with Gasteiger partial charge in [-0.1, -0.05) is 0 Å². The van der Waals surface area contributed by atoms with Gasteiger partial charge < -0.3 is 0 Å². The molecule has 1 aromatic rings. The molecular formula is C9H12N4O2S. The monoisotopic (exact) mass is 240 g/mol. The highest BCUT2D eigenvalue weighted by molar-refractivity contribution is 7.89. The van der Waals surface area contributed by atoms with E-state index in [2.05, 4.69) is 10.2 Å². The first kappa shape index (κ1) is 11.1. The van der Waals surface area contributed by atoms with Crippen molar-refractivity contribution in [2.45, 2.75) is 30.3 Å². The van der Waals surface area contributed by atoms with E-state index in [1.54, 1.807) is 0 Å². The van der Waals surface area contributed by atoms with Gasteiger partial charge in [0.25, 0.3) is 10.0 Å². The molecule has 0 aliphatic carbocycles. The van der Waals surface area contributed by atoms with Gasteiger partial charge in [-0.15, -0.1) is 0 Å². The van der Waals surface area contributed by atoms with Crippen LogP contribution in [0.4, 0.5) is 0 Å². The number of aromatic amines is 1. The van der Waals surface area contributed by atoms with Gasteiger partial charge >= 0.3 is 0 Å². The molecule has 1 atom stereocenters. The van der Waals surface area contributed by atoms with Crippen molar-refractivity contribution < 1.29 is 8.42 Å². The minimum Gasteiger partial charge on any atom is -0.266 e. The van der Waals surface area contributed by atoms with Crippen LogP contribution < -0.4 is 0 Å². The minimum atomic E-state index is -3.59. The van der Waals surface area contributed by atoms with Gasteiger partial charge in [-0.25, -0.2) is 8.42 Å². The lowest BCUT2D eigenvalue weighted by atomic mass is 10.1. The molecule has 1 aromatic heterocycles. The Hall–Kier alpha value is -1.39. The largest absolute Gasteiger partial charge is 0.266 e. The molecule has 1 fully saturated rings. The minimum absolute atomic E-state index is 0.0506. The van der Waals surface area contributed by atoms with Crippen molar-refractivity contribution in [2.75, 3.05) is 6.54 Å². The highest BCUT2D eigenvalue weighted by Gasteiger charge is 2.34. The summed E-state index contributed by atoms with van der Waals surface area (Å²) in [7, 11) is -3.59. The Bertz CT molecular complexity index is 488. The Labute approximate surface area is 93.9 Å². The summed E-state index contributed by atoms with van der Waals surface area (Å²) in [5, 5.41) is 15.0. The average molecular weight is 240 g/mol. The first-order valence-corrected chi connectivity index (χ1v) is 6.51. The fourth-order valence-electron chi connectivity index (χ4n) is 1.83. The maximum Gasteiger partial charge on any atom is 0.261 e. The number of H-pyrrole nitrogens is 1. The fourth-order valence-corrected chi connectivity index (χ4v) is 3.35. The van der Waals surface area contributed by atoms with Gasteiger partial charge in [0.1, 0.15) is 6.04 Å². The average Bonchev–Trinajstić information content (AvgIpc) is 2.83. The normalized spacial score (nSPS) is 22.8. The maximum absolute atomic E-state index is 12.1. The number of nitriles is 1. The van der Waals surface area contributed by atoms with E-state index in [1.165, 1.54) is 16.6 Å². The van der Waals surface area contributed by atoms with Crippen molar-refractivity contribution in [2.24, 2.45) is 0 Å². The molecule has 0 radical (unpaired) electrons. The van der Waals surface area contributed by atoms with E-state index in [-0.39, 0.29) is 5.03 Å². The van der Waals surface area contributed by atoms with Crippen LogP contribution >= 0.6 is 0 Å². The molecule has 0 bridgehead atoms. The zero-order valence-corrected chi connectivity index (χ0v) is 9.44. The maximum atomic E-state index is 12.1. The number of sulfonamides is 1. The van der Waals surface area contributed by atoms with Crippen LogP contribution in [0.15, 0.2) is 17.3 Å². The highest BCUT2D eigenvalue weighted by Crippen LogP contribution is 2.23. The molecular weight excluding hydrogens is 228 g/mol. The molecule has 0 amide bonds. The van der Waals surface area contributed by atoms with Gasteiger partial charge in [-0.3, -0.25) is 5.10 Å². The molecule has 16 heavy (non-hydrogen) atoms. The summed E-state index contributed by atoms with van der Waals surface area (Å²) in [6.07, 6.45) is 3.68. The molecule has 6 nitrogen and oxygen atoms in total. The van der Waals surface area contributed by atoms with Crippen LogP contribution in [0.3, 0.4) is 0 Å². The van der Waals surface area contributed by atoms with Crippen LogP contribution in [0.25, 0.3) is 0 Å². The molecule has 2 rings (SSSR count). The number of hydrogen-bond acceptors (Lipinski definition) is 4. The van der Waals surface area contributed by atoms with E-state index in [4.69, 9.17) is 5.26 Å². The predicted molar refractivity (Wildman–Crippen MR) is 55.7 cm³/mol. The number of nitrogens with one attached hydrogen (secondary N) is 1. The molecule has 0 saturated carbocycles. The third-order valence-corrected chi connectivity index (χ3v) is 4.50. The van der Waals surface area contributed by atoms with Crippen molar-refractivity contribution >= 4 is 10.0 Å². The van der Waals surface area contributed by atoms with Crippen molar-refractivity contribution in [3.05, 3.63) is 12.3 Å².